The van der Waals surface area contributed by atoms with Crippen molar-refractivity contribution in [2.75, 3.05) is 0 Å². The van der Waals surface area contributed by atoms with Crippen LogP contribution in [-0.4, -0.2) is 37.7 Å². The van der Waals surface area contributed by atoms with Crippen molar-refractivity contribution < 1.29 is 19.4 Å². The molecule has 0 fully saturated rings. The van der Waals surface area contributed by atoms with Gasteiger partial charge in [0.05, 0.1) is 24.3 Å². The van der Waals surface area contributed by atoms with Crippen LogP contribution < -0.4 is 0 Å². The number of carbonyl (C=O) groups is 2. The largest absolute Gasteiger partial charge is 0.465 e. The van der Waals surface area contributed by atoms with E-state index in [2.05, 4.69) is 4.98 Å². The highest BCUT2D eigenvalue weighted by Gasteiger charge is 2.38. The van der Waals surface area contributed by atoms with Crippen LogP contribution in [0.1, 0.15) is 22.5 Å². The third-order valence-corrected chi connectivity index (χ3v) is 5.05. The van der Waals surface area contributed by atoms with E-state index >= 15 is 0 Å². The maximum atomic E-state index is 12.6. The zero-order chi connectivity index (χ0) is 20.2. The highest BCUT2D eigenvalue weighted by Crippen LogP contribution is 2.24. The Kier molecular flexibility index (Phi) is 5.29. The van der Waals surface area contributed by atoms with Crippen LogP contribution in [0.25, 0.3) is 0 Å². The van der Waals surface area contributed by atoms with Gasteiger partial charge in [0.15, 0.2) is 0 Å². The van der Waals surface area contributed by atoms with E-state index in [9.17, 15) is 14.7 Å². The van der Waals surface area contributed by atoms with Crippen LogP contribution in [0.5, 0.6) is 0 Å². The fourth-order valence-corrected chi connectivity index (χ4v) is 3.52. The van der Waals surface area contributed by atoms with Crippen molar-refractivity contribution in [3.63, 3.8) is 0 Å². The fourth-order valence-electron chi connectivity index (χ4n) is 3.52. The predicted molar refractivity (Wildman–Crippen MR) is 105 cm³/mol. The molecule has 1 N–H and O–H groups in total. The van der Waals surface area contributed by atoms with Crippen molar-refractivity contribution in [1.82, 2.24) is 14.5 Å². The molecule has 148 valence electrons. The summed E-state index contributed by atoms with van der Waals surface area (Å²) in [5.74, 6) is -0.556. The molecule has 1 atom stereocenters. The number of ether oxygens (including phenoxy) is 1. The third kappa shape index (κ3) is 4.13. The first-order chi connectivity index (χ1) is 14.1. The Morgan fingerprint density at radius 2 is 1.69 bits per heavy atom. The van der Waals surface area contributed by atoms with Crippen molar-refractivity contribution in [2.24, 2.45) is 0 Å². The zero-order valence-electron chi connectivity index (χ0n) is 15.8. The lowest BCUT2D eigenvalue weighted by atomic mass is 10.0. The second-order valence-electron chi connectivity index (χ2n) is 6.98. The molecule has 0 bridgehead atoms. The number of hydrogen-bond donors (Lipinski definition) is 1. The van der Waals surface area contributed by atoms with Crippen molar-refractivity contribution in [1.29, 1.82) is 0 Å². The van der Waals surface area contributed by atoms with Crippen molar-refractivity contribution in [3.05, 3.63) is 89.5 Å². The number of carboxylic acid groups (broad SMARTS) is 1. The van der Waals surface area contributed by atoms with Crippen LogP contribution >= 0.6 is 0 Å². The first-order valence-electron chi connectivity index (χ1n) is 9.39. The van der Waals surface area contributed by atoms with Crippen molar-refractivity contribution in [3.8, 4) is 0 Å². The van der Waals surface area contributed by atoms with Crippen LogP contribution in [0.3, 0.4) is 0 Å². The Balaban J connectivity index is 1.51. The molecule has 0 unspecified atom stereocenters. The highest BCUT2D eigenvalue weighted by atomic mass is 16.5. The number of carbonyl (C=O) groups excluding carboxylic acids is 1. The number of amides is 1. The molecule has 7 heteroatoms. The molecule has 0 radical (unpaired) electrons. The predicted octanol–water partition coefficient (Wildman–Crippen LogP) is 3.08. The van der Waals surface area contributed by atoms with Gasteiger partial charge in [-0.05, 0) is 11.1 Å². The Morgan fingerprint density at radius 3 is 2.34 bits per heavy atom. The number of hydrogen-bond acceptors (Lipinski definition) is 4. The minimum Gasteiger partial charge on any atom is -0.465 e. The van der Waals surface area contributed by atoms with E-state index in [0.29, 0.717) is 6.54 Å². The second-order valence-corrected chi connectivity index (χ2v) is 6.98. The molecule has 3 aromatic rings. The minimum atomic E-state index is -1.15. The molecule has 1 aliphatic heterocycles. The quantitative estimate of drug-likeness (QED) is 0.676. The van der Waals surface area contributed by atoms with Gasteiger partial charge in [0.1, 0.15) is 12.6 Å². The van der Waals surface area contributed by atoms with Gasteiger partial charge in [-0.15, -0.1) is 0 Å². The molecule has 2 aromatic carbocycles. The standard InChI is InChI=1S/C22H21N3O4/c26-21(29-14-17-9-5-2-6-10-17)19-11-18-20(13-25(19)22(27)28)24(15-23-18)12-16-7-3-1-4-8-16/h1-10,15,19H,11-14H2,(H,27,28)/t19-/m0/s1. The monoisotopic (exact) mass is 391 g/mol. The summed E-state index contributed by atoms with van der Waals surface area (Å²) in [6, 6.07) is 18.3. The van der Waals surface area contributed by atoms with Crippen LogP contribution in [0.15, 0.2) is 67.0 Å². The molecule has 1 aliphatic rings. The molecule has 4 rings (SSSR count). The molecule has 1 aromatic heterocycles. The smallest absolute Gasteiger partial charge is 0.408 e. The summed E-state index contributed by atoms with van der Waals surface area (Å²) in [5.41, 5.74) is 3.49. The maximum Gasteiger partial charge on any atom is 0.408 e. The minimum absolute atomic E-state index is 0.0998. The lowest BCUT2D eigenvalue weighted by Gasteiger charge is -2.32. The second kappa shape index (κ2) is 8.18. The Bertz CT molecular complexity index is 1000. The lowest BCUT2D eigenvalue weighted by Crippen LogP contribution is -2.49. The number of imidazole rings is 1. The molecule has 7 nitrogen and oxygen atoms in total. The summed E-state index contributed by atoms with van der Waals surface area (Å²) >= 11 is 0. The topological polar surface area (TPSA) is 84.7 Å². The summed E-state index contributed by atoms with van der Waals surface area (Å²) in [4.78, 5) is 30.0. The molecule has 0 spiro atoms. The fraction of sp³-hybridized carbons (Fsp3) is 0.227. The first-order valence-corrected chi connectivity index (χ1v) is 9.39. The summed E-state index contributed by atoms with van der Waals surface area (Å²) < 4.78 is 7.32. The van der Waals surface area contributed by atoms with Gasteiger partial charge >= 0.3 is 12.1 Å². The van der Waals surface area contributed by atoms with Gasteiger partial charge in [-0.3, -0.25) is 4.90 Å². The number of fused-ring (bicyclic) bond motifs is 1. The summed E-state index contributed by atoms with van der Waals surface area (Å²) in [6.07, 6.45) is 0.761. The van der Waals surface area contributed by atoms with Gasteiger partial charge in [0, 0.05) is 13.0 Å². The van der Waals surface area contributed by atoms with E-state index in [1.807, 2.05) is 65.2 Å². The molecule has 0 saturated heterocycles. The lowest BCUT2D eigenvalue weighted by molar-refractivity contribution is -0.151. The molecular weight excluding hydrogens is 370 g/mol. The summed E-state index contributed by atoms with van der Waals surface area (Å²) in [7, 11) is 0. The number of benzene rings is 2. The molecule has 0 saturated carbocycles. The van der Waals surface area contributed by atoms with Gasteiger partial charge in [0.2, 0.25) is 0 Å². The van der Waals surface area contributed by atoms with Gasteiger partial charge in [0.25, 0.3) is 0 Å². The van der Waals surface area contributed by atoms with Crippen molar-refractivity contribution >= 4 is 12.1 Å². The van der Waals surface area contributed by atoms with Gasteiger partial charge in [-0.2, -0.15) is 0 Å². The Labute approximate surface area is 168 Å². The van der Waals surface area contributed by atoms with Crippen molar-refractivity contribution in [2.45, 2.75) is 32.2 Å². The van der Waals surface area contributed by atoms with Gasteiger partial charge in [-0.1, -0.05) is 60.7 Å². The Morgan fingerprint density at radius 1 is 1.03 bits per heavy atom. The molecular formula is C22H21N3O4. The SMILES string of the molecule is O=C(OCc1ccccc1)[C@@H]1Cc2ncn(Cc3ccccc3)c2CN1C(=O)O. The van der Waals surface area contributed by atoms with E-state index in [4.69, 9.17) is 4.74 Å². The number of aromatic nitrogens is 2. The zero-order valence-corrected chi connectivity index (χ0v) is 15.8. The average Bonchev–Trinajstić information content (AvgIpc) is 3.14. The number of esters is 1. The van der Waals surface area contributed by atoms with Crippen LogP contribution in [0.4, 0.5) is 4.79 Å². The van der Waals surface area contributed by atoms with Gasteiger partial charge in [-0.25, -0.2) is 14.6 Å². The van der Waals surface area contributed by atoms with E-state index < -0.39 is 18.1 Å². The van der Waals surface area contributed by atoms with Crippen LogP contribution in [0, 0.1) is 0 Å². The third-order valence-electron chi connectivity index (χ3n) is 5.05. The molecule has 2 heterocycles. The van der Waals surface area contributed by atoms with Crippen LogP contribution in [0.2, 0.25) is 0 Å². The molecule has 1 amide bonds. The van der Waals surface area contributed by atoms with Gasteiger partial charge < -0.3 is 14.4 Å². The first kappa shape index (κ1) is 18.7. The van der Waals surface area contributed by atoms with E-state index in [1.54, 1.807) is 6.33 Å². The van der Waals surface area contributed by atoms with E-state index in [0.717, 1.165) is 27.4 Å². The molecule has 0 aliphatic carbocycles. The number of nitrogens with zero attached hydrogens (tertiary/aromatic N) is 3. The van der Waals surface area contributed by atoms with E-state index in [-0.39, 0.29) is 19.6 Å². The average molecular weight is 391 g/mol. The Hall–Kier alpha value is -3.61. The summed E-state index contributed by atoms with van der Waals surface area (Å²) in [5, 5.41) is 9.67. The number of rotatable bonds is 5. The summed E-state index contributed by atoms with van der Waals surface area (Å²) in [6.45, 7) is 0.807. The normalized spacial score (nSPS) is 15.6. The molecule has 29 heavy (non-hydrogen) atoms. The van der Waals surface area contributed by atoms with Crippen LogP contribution in [-0.2, 0) is 35.6 Å². The maximum absolute atomic E-state index is 12.6. The van der Waals surface area contributed by atoms with E-state index in [1.165, 1.54) is 0 Å². The highest BCUT2D eigenvalue weighted by molar-refractivity contribution is 5.81.